The van der Waals surface area contributed by atoms with Gasteiger partial charge in [-0.2, -0.15) is 13.2 Å². The first-order valence-electron chi connectivity index (χ1n) is 7.64. The lowest BCUT2D eigenvalue weighted by Crippen LogP contribution is -2.30. The molecule has 0 saturated heterocycles. The number of alkyl halides is 3. The van der Waals surface area contributed by atoms with Crippen molar-refractivity contribution in [1.82, 2.24) is 10.3 Å². The van der Waals surface area contributed by atoms with Crippen molar-refractivity contribution >= 4 is 29.0 Å². The number of hydrogen-bond acceptors (Lipinski definition) is 4. The maximum Gasteiger partial charge on any atom is 0.416 e. The highest BCUT2D eigenvalue weighted by Crippen LogP contribution is 2.29. The minimum absolute atomic E-state index is 0.170. The molecule has 0 spiro atoms. The van der Waals surface area contributed by atoms with Crippen LogP contribution in [0, 0.1) is 5.41 Å². The van der Waals surface area contributed by atoms with E-state index in [2.05, 4.69) is 15.6 Å². The first kappa shape index (κ1) is 19.7. The minimum Gasteiger partial charge on any atom is -0.379 e. The summed E-state index contributed by atoms with van der Waals surface area (Å²) in [6, 6.07) is 4.71. The van der Waals surface area contributed by atoms with Gasteiger partial charge in [-0.25, -0.2) is 0 Å². The Kier molecular flexibility index (Phi) is 6.20. The maximum absolute atomic E-state index is 12.6. The predicted octanol–water partition coefficient (Wildman–Crippen LogP) is 4.22. The van der Waals surface area contributed by atoms with Crippen LogP contribution in [0.4, 0.5) is 18.9 Å². The second-order valence-electron chi connectivity index (χ2n) is 5.37. The number of amides is 1. The van der Waals surface area contributed by atoms with E-state index in [0.29, 0.717) is 11.3 Å². The van der Waals surface area contributed by atoms with E-state index in [-0.39, 0.29) is 35.3 Å². The highest BCUT2D eigenvalue weighted by atomic mass is 35.5. The van der Waals surface area contributed by atoms with Crippen LogP contribution in [0.25, 0.3) is 0 Å². The van der Waals surface area contributed by atoms with Crippen LogP contribution in [0.15, 0.2) is 36.7 Å². The Morgan fingerprint density at radius 3 is 2.46 bits per heavy atom. The Labute approximate surface area is 153 Å². The van der Waals surface area contributed by atoms with E-state index in [1.165, 1.54) is 24.5 Å². The van der Waals surface area contributed by atoms with Gasteiger partial charge in [-0.15, -0.1) is 0 Å². The molecular weight excluding hydrogens is 369 g/mol. The second-order valence-corrected chi connectivity index (χ2v) is 5.78. The normalized spacial score (nSPS) is 11.1. The lowest BCUT2D eigenvalue weighted by Gasteiger charge is -2.15. The summed E-state index contributed by atoms with van der Waals surface area (Å²) in [5, 5.41) is 13.6. The van der Waals surface area contributed by atoms with Gasteiger partial charge < -0.3 is 10.6 Å². The Bertz CT molecular complexity index is 807. The topological polar surface area (TPSA) is 77.9 Å². The molecule has 0 radical (unpaired) electrons. The van der Waals surface area contributed by atoms with E-state index >= 15 is 0 Å². The molecule has 0 bridgehead atoms. The van der Waals surface area contributed by atoms with Crippen LogP contribution in [0.3, 0.4) is 0 Å². The van der Waals surface area contributed by atoms with Gasteiger partial charge >= 0.3 is 6.18 Å². The molecule has 2 rings (SSSR count). The van der Waals surface area contributed by atoms with Gasteiger partial charge in [0.05, 0.1) is 28.0 Å². The summed E-state index contributed by atoms with van der Waals surface area (Å²) < 4.78 is 37.8. The Hall–Kier alpha value is -2.61. The summed E-state index contributed by atoms with van der Waals surface area (Å²) in [6.45, 7) is 1.85. The SMILES string of the molecule is CCC(=O)NC(=N)c1c(Cl)cncc1NCc1ccc(C(F)(F)F)cc1. The molecule has 2 aromatic rings. The van der Waals surface area contributed by atoms with Gasteiger partial charge in [-0.3, -0.25) is 15.2 Å². The molecule has 0 atom stereocenters. The van der Waals surface area contributed by atoms with Crippen molar-refractivity contribution in [2.24, 2.45) is 0 Å². The van der Waals surface area contributed by atoms with E-state index in [1.54, 1.807) is 6.92 Å². The van der Waals surface area contributed by atoms with Gasteiger partial charge in [0.15, 0.2) is 0 Å². The molecule has 26 heavy (non-hydrogen) atoms. The van der Waals surface area contributed by atoms with E-state index < -0.39 is 11.7 Å². The van der Waals surface area contributed by atoms with Crippen LogP contribution >= 0.6 is 11.6 Å². The highest BCUT2D eigenvalue weighted by molar-refractivity contribution is 6.35. The van der Waals surface area contributed by atoms with Crippen molar-refractivity contribution in [3.63, 3.8) is 0 Å². The van der Waals surface area contributed by atoms with Crippen molar-refractivity contribution in [3.8, 4) is 0 Å². The molecule has 0 unspecified atom stereocenters. The number of pyridine rings is 1. The molecule has 0 aliphatic heterocycles. The zero-order valence-electron chi connectivity index (χ0n) is 13.7. The number of aromatic nitrogens is 1. The molecular formula is C17H16ClF3N4O. The number of nitrogens with one attached hydrogen (secondary N) is 3. The molecule has 1 aromatic carbocycles. The van der Waals surface area contributed by atoms with Crippen LogP contribution < -0.4 is 10.6 Å². The van der Waals surface area contributed by atoms with Gasteiger partial charge in [0.25, 0.3) is 0 Å². The van der Waals surface area contributed by atoms with Gasteiger partial charge in [-0.05, 0) is 17.7 Å². The molecule has 0 saturated carbocycles. The fourth-order valence-electron chi connectivity index (χ4n) is 2.12. The smallest absolute Gasteiger partial charge is 0.379 e. The average Bonchev–Trinajstić information content (AvgIpc) is 2.59. The molecule has 9 heteroatoms. The lowest BCUT2D eigenvalue weighted by molar-refractivity contribution is -0.137. The zero-order chi connectivity index (χ0) is 19.3. The van der Waals surface area contributed by atoms with E-state index in [0.717, 1.165) is 12.1 Å². The van der Waals surface area contributed by atoms with Crippen molar-refractivity contribution in [2.75, 3.05) is 5.32 Å². The third kappa shape index (κ3) is 4.95. The summed E-state index contributed by atoms with van der Waals surface area (Å²) in [7, 11) is 0. The monoisotopic (exact) mass is 384 g/mol. The molecule has 0 fully saturated rings. The van der Waals surface area contributed by atoms with Crippen LogP contribution in [0.5, 0.6) is 0 Å². The van der Waals surface area contributed by atoms with Crippen molar-refractivity contribution < 1.29 is 18.0 Å². The fourth-order valence-corrected chi connectivity index (χ4v) is 2.37. The fraction of sp³-hybridized carbons (Fsp3) is 0.235. The first-order valence-corrected chi connectivity index (χ1v) is 8.02. The number of anilines is 1. The van der Waals surface area contributed by atoms with Crippen LogP contribution in [-0.4, -0.2) is 16.7 Å². The van der Waals surface area contributed by atoms with E-state index in [1.807, 2.05) is 0 Å². The number of rotatable bonds is 5. The molecule has 1 heterocycles. The number of benzene rings is 1. The summed E-state index contributed by atoms with van der Waals surface area (Å²) in [5.41, 5.74) is 0.526. The Balaban J connectivity index is 2.16. The first-order chi connectivity index (χ1) is 12.2. The third-order valence-electron chi connectivity index (χ3n) is 3.50. The number of halogens is 4. The molecule has 1 amide bonds. The van der Waals surface area contributed by atoms with Gasteiger partial charge in [0.1, 0.15) is 5.84 Å². The van der Waals surface area contributed by atoms with Gasteiger partial charge in [0, 0.05) is 19.2 Å². The Morgan fingerprint density at radius 2 is 1.88 bits per heavy atom. The number of carbonyl (C=O) groups excluding carboxylic acids is 1. The zero-order valence-corrected chi connectivity index (χ0v) is 14.5. The van der Waals surface area contributed by atoms with E-state index in [9.17, 15) is 18.0 Å². The van der Waals surface area contributed by atoms with Crippen molar-refractivity contribution in [1.29, 1.82) is 5.41 Å². The van der Waals surface area contributed by atoms with Crippen LogP contribution in [-0.2, 0) is 17.5 Å². The molecule has 138 valence electrons. The number of amidine groups is 1. The predicted molar refractivity (Wildman–Crippen MR) is 93.3 cm³/mol. The quantitative estimate of drug-likeness (QED) is 0.533. The minimum atomic E-state index is -4.39. The molecule has 3 N–H and O–H groups in total. The molecule has 1 aromatic heterocycles. The summed E-state index contributed by atoms with van der Waals surface area (Å²) in [4.78, 5) is 15.4. The van der Waals surface area contributed by atoms with Crippen molar-refractivity contribution in [3.05, 3.63) is 58.4 Å². The standard InChI is InChI=1S/C17H16ClF3N4O/c1-2-14(26)25-16(22)15-12(18)8-23-9-13(15)24-7-10-3-5-11(6-4-10)17(19,20)21/h3-6,8-9,24H,2,7H2,1H3,(H2,22,25,26). The van der Waals surface area contributed by atoms with Crippen molar-refractivity contribution in [2.45, 2.75) is 26.1 Å². The number of nitrogens with zero attached hydrogens (tertiary/aromatic N) is 1. The lowest BCUT2D eigenvalue weighted by atomic mass is 10.1. The Morgan fingerprint density at radius 1 is 1.23 bits per heavy atom. The second kappa shape index (κ2) is 8.18. The maximum atomic E-state index is 12.6. The molecule has 0 aliphatic rings. The largest absolute Gasteiger partial charge is 0.416 e. The van der Waals surface area contributed by atoms with Crippen LogP contribution in [0.2, 0.25) is 5.02 Å². The molecule has 0 aliphatic carbocycles. The van der Waals surface area contributed by atoms with Gasteiger partial charge in [0.2, 0.25) is 5.91 Å². The summed E-state index contributed by atoms with van der Waals surface area (Å²) >= 11 is 6.08. The van der Waals surface area contributed by atoms with Gasteiger partial charge in [-0.1, -0.05) is 30.7 Å². The average molecular weight is 385 g/mol. The summed E-state index contributed by atoms with van der Waals surface area (Å²) in [6.07, 6.45) is -1.41. The number of hydrogen-bond donors (Lipinski definition) is 3. The summed E-state index contributed by atoms with van der Waals surface area (Å²) in [5.74, 6) is -0.518. The third-order valence-corrected chi connectivity index (χ3v) is 3.79. The molecule has 5 nitrogen and oxygen atoms in total. The van der Waals surface area contributed by atoms with E-state index in [4.69, 9.17) is 17.0 Å². The van der Waals surface area contributed by atoms with Crippen LogP contribution in [0.1, 0.15) is 30.0 Å². The highest BCUT2D eigenvalue weighted by Gasteiger charge is 2.29. The number of carbonyl (C=O) groups is 1.